The van der Waals surface area contributed by atoms with E-state index < -0.39 is 62.2 Å². The Kier molecular flexibility index (Phi) is 15.3. The number of nitrogens with one attached hydrogen (secondary N) is 3. The predicted octanol–water partition coefficient (Wildman–Crippen LogP) is 1.46. The van der Waals surface area contributed by atoms with Crippen LogP contribution >= 0.6 is 7.67 Å². The number of alkyl halides is 1. The highest BCUT2D eigenvalue weighted by atomic mass is 31.2. The normalized spacial score (nSPS) is 16.9. The molecule has 0 radical (unpaired) electrons. The van der Waals surface area contributed by atoms with Crippen LogP contribution in [0.15, 0.2) is 18.7 Å². The number of carbonyl (C=O) groups excluding carboxylic acids is 3. The minimum Gasteiger partial charge on any atom is -0.468 e. The molecule has 1 heterocycles. The van der Waals surface area contributed by atoms with E-state index in [0.29, 0.717) is 0 Å². The second kappa shape index (κ2) is 17.4. The molecule has 1 aromatic rings. The number of terminal acetylenes is 1. The molecule has 45 heavy (non-hydrogen) atoms. The standard InChI is InChI=1S/C28H46FN6O9P/c1-11-28(29,35-15-31-23(18(35)6)25(37)32-19(7)30)24(36)22(41-8)14-44-45(40,33-20(12-16(2)3)26(38)42-9)34-21(13-17(4)5)27(39)43-10/h1,15-17,20-22,24,36H,7,12-14,30H2,2-6,8-10H3,(H,32,37)(H2,33,34,40). The number of hydrogen-bond donors (Lipinski definition) is 5. The summed E-state index contributed by atoms with van der Waals surface area (Å²) in [7, 11) is -0.972. The van der Waals surface area contributed by atoms with Gasteiger partial charge >= 0.3 is 19.6 Å². The molecule has 0 saturated carbocycles. The SMILES string of the molecule is C#CC(F)(C(O)C(COP(=O)(NC(CC(C)C)C(=O)OC)NC(CC(C)C)C(=O)OC)OC)n1cnc(C(=O)NC(=C)N)c1C. The van der Waals surface area contributed by atoms with Gasteiger partial charge in [0.15, 0.2) is 0 Å². The van der Waals surface area contributed by atoms with Crippen LogP contribution in [-0.2, 0) is 38.7 Å². The summed E-state index contributed by atoms with van der Waals surface area (Å²) in [6.07, 6.45) is 3.00. The largest absolute Gasteiger partial charge is 0.468 e. The van der Waals surface area contributed by atoms with Gasteiger partial charge in [-0.1, -0.05) is 34.3 Å². The molecule has 5 atom stereocenters. The van der Waals surface area contributed by atoms with Crippen molar-refractivity contribution < 1.29 is 47.2 Å². The first-order chi connectivity index (χ1) is 20.9. The Morgan fingerprint density at radius 3 is 2.00 bits per heavy atom. The van der Waals surface area contributed by atoms with Crippen LogP contribution in [0, 0.1) is 31.1 Å². The van der Waals surface area contributed by atoms with E-state index in [1.165, 1.54) is 6.92 Å². The highest BCUT2D eigenvalue weighted by Gasteiger charge is 2.46. The first-order valence-electron chi connectivity index (χ1n) is 14.0. The molecule has 0 fully saturated rings. The van der Waals surface area contributed by atoms with E-state index in [-0.39, 0.29) is 41.9 Å². The number of aromatic nitrogens is 2. The fourth-order valence-corrected chi connectivity index (χ4v) is 6.15. The number of aliphatic hydroxyl groups excluding tert-OH is 1. The van der Waals surface area contributed by atoms with Gasteiger partial charge in [-0.2, -0.15) is 0 Å². The minimum absolute atomic E-state index is 0.0632. The highest BCUT2D eigenvalue weighted by molar-refractivity contribution is 7.54. The van der Waals surface area contributed by atoms with Crippen LogP contribution in [0.4, 0.5) is 4.39 Å². The second-order valence-electron chi connectivity index (χ2n) is 11.1. The summed E-state index contributed by atoms with van der Waals surface area (Å²) < 4.78 is 52.2. The fourth-order valence-electron chi connectivity index (χ4n) is 4.33. The first-order valence-corrected chi connectivity index (χ1v) is 15.6. The van der Waals surface area contributed by atoms with E-state index >= 15 is 4.39 Å². The number of nitrogens with two attached hydrogens (primary N) is 1. The Morgan fingerprint density at radius 2 is 1.62 bits per heavy atom. The average Bonchev–Trinajstić information content (AvgIpc) is 3.36. The van der Waals surface area contributed by atoms with Crippen molar-refractivity contribution in [3.05, 3.63) is 30.1 Å². The van der Waals surface area contributed by atoms with Crippen LogP contribution in [0.1, 0.15) is 56.7 Å². The maximum atomic E-state index is 16.4. The lowest BCUT2D eigenvalue weighted by Gasteiger charge is -2.34. The van der Waals surface area contributed by atoms with E-state index in [0.717, 1.165) is 32.2 Å². The molecule has 17 heteroatoms. The van der Waals surface area contributed by atoms with Crippen molar-refractivity contribution in [1.29, 1.82) is 0 Å². The van der Waals surface area contributed by atoms with Gasteiger partial charge in [-0.15, -0.1) is 6.42 Å². The van der Waals surface area contributed by atoms with E-state index in [1.54, 1.807) is 0 Å². The molecule has 0 aliphatic heterocycles. The Labute approximate surface area is 263 Å². The molecule has 0 spiro atoms. The third-order valence-corrected chi connectivity index (χ3v) is 8.37. The van der Waals surface area contributed by atoms with Crippen LogP contribution < -0.4 is 21.2 Å². The van der Waals surface area contributed by atoms with Crippen molar-refractivity contribution in [2.24, 2.45) is 17.6 Å². The molecule has 0 saturated heterocycles. The number of rotatable bonds is 19. The Bertz CT molecular complexity index is 1250. The number of imidazole rings is 1. The van der Waals surface area contributed by atoms with Crippen molar-refractivity contribution >= 4 is 25.5 Å². The Hall–Kier alpha value is -3.32. The Balaban J connectivity index is 3.48. The number of methoxy groups -OCH3 is 3. The third kappa shape index (κ3) is 10.9. The fraction of sp³-hybridized carbons (Fsp3) is 0.643. The summed E-state index contributed by atoms with van der Waals surface area (Å²) in [6.45, 7) is 11.2. The monoisotopic (exact) mass is 660 g/mol. The molecule has 1 rings (SSSR count). The molecule has 5 unspecified atom stereocenters. The van der Waals surface area contributed by atoms with Crippen LogP contribution in [0.3, 0.4) is 0 Å². The molecule has 6 N–H and O–H groups in total. The second-order valence-corrected chi connectivity index (χ2v) is 13.0. The van der Waals surface area contributed by atoms with Crippen molar-refractivity contribution in [3.8, 4) is 12.3 Å². The lowest BCUT2D eigenvalue weighted by atomic mass is 10.0. The number of hydrogen-bond acceptors (Lipinski definition) is 11. The van der Waals surface area contributed by atoms with Crippen LogP contribution in [0.2, 0.25) is 0 Å². The van der Waals surface area contributed by atoms with Gasteiger partial charge in [-0.25, -0.2) is 19.5 Å². The highest BCUT2D eigenvalue weighted by Crippen LogP contribution is 2.41. The number of esters is 2. The summed E-state index contributed by atoms with van der Waals surface area (Å²) in [4.78, 5) is 41.5. The number of aliphatic hydroxyl groups is 1. The molecular formula is C28H46FN6O9P. The van der Waals surface area contributed by atoms with E-state index in [1.807, 2.05) is 33.6 Å². The van der Waals surface area contributed by atoms with Gasteiger partial charge in [-0.3, -0.25) is 23.5 Å². The van der Waals surface area contributed by atoms with Gasteiger partial charge in [0, 0.05) is 7.11 Å². The lowest BCUT2D eigenvalue weighted by molar-refractivity contribution is -0.143. The van der Waals surface area contributed by atoms with Gasteiger partial charge in [0.1, 0.15) is 30.0 Å². The average molecular weight is 661 g/mol. The smallest absolute Gasteiger partial charge is 0.342 e. The number of amides is 1. The van der Waals surface area contributed by atoms with Crippen molar-refractivity contribution in [1.82, 2.24) is 25.0 Å². The van der Waals surface area contributed by atoms with Crippen LogP contribution in [0.5, 0.6) is 0 Å². The summed E-state index contributed by atoms with van der Waals surface area (Å²) in [6, 6.07) is -2.30. The molecule has 1 aromatic heterocycles. The maximum Gasteiger partial charge on any atom is 0.342 e. The van der Waals surface area contributed by atoms with Crippen molar-refractivity contribution in [3.63, 3.8) is 0 Å². The molecule has 15 nitrogen and oxygen atoms in total. The van der Waals surface area contributed by atoms with Crippen molar-refractivity contribution in [2.45, 2.75) is 77.5 Å². The van der Waals surface area contributed by atoms with Crippen LogP contribution in [0.25, 0.3) is 0 Å². The quantitative estimate of drug-likeness (QED) is 0.0811. The molecule has 0 aliphatic rings. The molecule has 0 aromatic carbocycles. The molecule has 0 aliphatic carbocycles. The van der Waals surface area contributed by atoms with Gasteiger partial charge in [0.2, 0.25) is 0 Å². The minimum atomic E-state index is -4.41. The van der Waals surface area contributed by atoms with E-state index in [4.69, 9.17) is 30.9 Å². The molecule has 1 amide bonds. The van der Waals surface area contributed by atoms with Gasteiger partial charge < -0.3 is 34.9 Å². The zero-order chi connectivity index (χ0) is 34.7. The molecule has 254 valence electrons. The maximum absolute atomic E-state index is 16.4. The van der Waals surface area contributed by atoms with Gasteiger partial charge in [0.25, 0.3) is 11.7 Å². The zero-order valence-electron chi connectivity index (χ0n) is 27.0. The molecule has 0 bridgehead atoms. The summed E-state index contributed by atoms with van der Waals surface area (Å²) in [5, 5.41) is 18.7. The summed E-state index contributed by atoms with van der Waals surface area (Å²) in [5.74, 6) is -3.78. The number of halogens is 1. The zero-order valence-corrected chi connectivity index (χ0v) is 27.9. The third-order valence-electron chi connectivity index (χ3n) is 6.55. The van der Waals surface area contributed by atoms with Crippen molar-refractivity contribution in [2.75, 3.05) is 27.9 Å². The summed E-state index contributed by atoms with van der Waals surface area (Å²) >= 11 is 0. The predicted molar refractivity (Wildman–Crippen MR) is 163 cm³/mol. The Morgan fingerprint density at radius 1 is 1.13 bits per heavy atom. The lowest BCUT2D eigenvalue weighted by Crippen LogP contribution is -2.50. The summed E-state index contributed by atoms with van der Waals surface area (Å²) in [5.41, 5.74) is 5.10. The number of ether oxygens (including phenoxy) is 3. The number of nitrogens with zero attached hydrogens (tertiary/aromatic N) is 2. The van der Waals surface area contributed by atoms with Crippen LogP contribution in [-0.4, -0.2) is 84.7 Å². The van der Waals surface area contributed by atoms with E-state index in [2.05, 4.69) is 27.1 Å². The van der Waals surface area contributed by atoms with Gasteiger partial charge in [-0.05, 0) is 37.5 Å². The van der Waals surface area contributed by atoms with Gasteiger partial charge in [0.05, 0.1) is 38.7 Å². The molecular weight excluding hydrogens is 614 g/mol. The first kappa shape index (κ1) is 39.7. The van der Waals surface area contributed by atoms with E-state index in [9.17, 15) is 24.1 Å². The number of carbonyl (C=O) groups is 3. The topological polar surface area (TPSA) is 205 Å².